The summed E-state index contributed by atoms with van der Waals surface area (Å²) < 4.78 is 33.9. The summed E-state index contributed by atoms with van der Waals surface area (Å²) in [6.07, 6.45) is 0. The van der Waals surface area contributed by atoms with Crippen molar-refractivity contribution in [3.8, 4) is 0 Å². The second-order valence-electron chi connectivity index (χ2n) is 13.8. The topological polar surface area (TPSA) is 61.0 Å². The van der Waals surface area contributed by atoms with Crippen molar-refractivity contribution in [3.63, 3.8) is 0 Å². The molecule has 0 aromatic heterocycles. The SMILES string of the molecule is CC[O][Zr]([NH]C(C)(C)C[Si](C)(C)OC(C)(C)C)([NH]C(C)(C)C[Si](C)(C)OC(C)(C)C)[O]CC. The third-order valence-electron chi connectivity index (χ3n) is 4.60. The van der Waals surface area contributed by atoms with Gasteiger partial charge in [0.05, 0.1) is 0 Å². The number of hydrogen-bond acceptors (Lipinski definition) is 6. The monoisotopic (exact) mass is 584 g/mol. The van der Waals surface area contributed by atoms with E-state index in [9.17, 15) is 0 Å². The van der Waals surface area contributed by atoms with Gasteiger partial charge >= 0.3 is 216 Å². The van der Waals surface area contributed by atoms with E-state index in [1.54, 1.807) is 0 Å². The molecule has 0 aliphatic rings. The quantitative estimate of drug-likeness (QED) is 0.223. The number of rotatable bonds is 14. The fraction of sp³-hybridized carbons (Fsp3) is 1.00. The van der Waals surface area contributed by atoms with Crippen LogP contribution in [0.25, 0.3) is 0 Å². The molecule has 0 fully saturated rings. The summed E-state index contributed by atoms with van der Waals surface area (Å²) in [5.41, 5.74) is -0.649. The third-order valence-corrected chi connectivity index (χ3v) is 18.8. The van der Waals surface area contributed by atoms with Crippen molar-refractivity contribution in [2.24, 2.45) is 0 Å². The van der Waals surface area contributed by atoms with E-state index >= 15 is 0 Å². The molecular weight excluding hydrogens is 528 g/mol. The van der Waals surface area contributed by atoms with Crippen LogP contribution in [0.5, 0.6) is 0 Å². The molecule has 0 radical (unpaired) electrons. The summed E-state index contributed by atoms with van der Waals surface area (Å²) in [4.78, 5) is 0. The van der Waals surface area contributed by atoms with Crippen LogP contribution in [0, 0.1) is 0 Å². The van der Waals surface area contributed by atoms with Gasteiger partial charge in [0.1, 0.15) is 0 Å². The van der Waals surface area contributed by atoms with Crippen LogP contribution < -0.4 is 6.52 Å². The van der Waals surface area contributed by atoms with Crippen molar-refractivity contribution in [2.45, 2.75) is 144 Å². The Labute approximate surface area is 215 Å². The molecule has 200 valence electrons. The van der Waals surface area contributed by atoms with Gasteiger partial charge in [-0.25, -0.2) is 0 Å². The van der Waals surface area contributed by atoms with Crippen molar-refractivity contribution < 1.29 is 36.2 Å². The van der Waals surface area contributed by atoms with Gasteiger partial charge in [-0.3, -0.25) is 0 Å². The minimum atomic E-state index is -3.90. The first kappa shape index (κ1) is 34.1. The number of nitrogens with one attached hydrogen (secondary N) is 2. The zero-order chi connectivity index (χ0) is 26.6. The van der Waals surface area contributed by atoms with E-state index in [1.165, 1.54) is 0 Å². The molecule has 0 spiro atoms. The molecule has 0 aliphatic carbocycles. The molecular formula is C24H58N2O4Si2Zr. The van der Waals surface area contributed by atoms with Crippen molar-refractivity contribution in [3.05, 3.63) is 0 Å². The van der Waals surface area contributed by atoms with Crippen LogP contribution in [0.4, 0.5) is 0 Å². The normalized spacial score (nSPS) is 15.3. The molecule has 0 amide bonds. The fourth-order valence-corrected chi connectivity index (χ4v) is 22.1. The molecule has 0 heterocycles. The van der Waals surface area contributed by atoms with Crippen LogP contribution >= 0.6 is 0 Å². The fourth-order valence-electron chi connectivity index (χ4n) is 5.46. The van der Waals surface area contributed by atoms with Gasteiger partial charge < -0.3 is 0 Å². The molecule has 0 aromatic rings. The van der Waals surface area contributed by atoms with Gasteiger partial charge in [-0.15, -0.1) is 0 Å². The maximum atomic E-state index is 6.52. The standard InChI is InChI=1S/2C10H24NOSi.2C2H5O.Zr/c2*1-9(2,3)12-13(6,7)8-10(4,5)11;2*1-2-3;/h2*11H,8H2,1-7H3;2*2H2,1H3;/q4*-1;+4. The van der Waals surface area contributed by atoms with Gasteiger partial charge in [-0.2, -0.15) is 0 Å². The zero-order valence-electron chi connectivity index (χ0n) is 25.0. The molecule has 0 atom stereocenters. The van der Waals surface area contributed by atoms with E-state index in [-0.39, 0.29) is 22.3 Å². The van der Waals surface area contributed by atoms with Crippen LogP contribution in [0.1, 0.15) is 83.1 Å². The van der Waals surface area contributed by atoms with E-state index in [0.29, 0.717) is 13.2 Å². The molecule has 0 unspecified atom stereocenters. The summed E-state index contributed by atoms with van der Waals surface area (Å²) >= 11 is -3.90. The van der Waals surface area contributed by atoms with Gasteiger partial charge in [0.15, 0.2) is 0 Å². The Bertz CT molecular complexity index is 548. The first-order valence-corrected chi connectivity index (χ1v) is 23.3. The zero-order valence-corrected chi connectivity index (χ0v) is 29.4. The number of hydrogen-bond donors (Lipinski definition) is 2. The van der Waals surface area contributed by atoms with Crippen LogP contribution in [0.15, 0.2) is 0 Å². The molecule has 9 heteroatoms. The Morgan fingerprint density at radius 1 is 0.576 bits per heavy atom. The Kier molecular flexibility index (Phi) is 12.5. The summed E-state index contributed by atoms with van der Waals surface area (Å²) in [6.45, 7) is 36.4. The van der Waals surface area contributed by atoms with Crippen LogP contribution in [-0.2, 0) is 36.2 Å². The van der Waals surface area contributed by atoms with E-state index in [2.05, 4.69) is 116 Å². The Balaban J connectivity index is 5.83. The summed E-state index contributed by atoms with van der Waals surface area (Å²) in [5.74, 6) is 0. The molecule has 0 saturated carbocycles. The second-order valence-corrected chi connectivity index (χ2v) is 27.6. The van der Waals surface area contributed by atoms with Crippen molar-refractivity contribution in [1.29, 1.82) is 0 Å². The Morgan fingerprint density at radius 3 is 1.06 bits per heavy atom. The Hall–Kier alpha value is 1.08. The van der Waals surface area contributed by atoms with Crippen molar-refractivity contribution >= 4 is 16.6 Å². The predicted octanol–water partition coefficient (Wildman–Crippen LogP) is 6.65. The van der Waals surface area contributed by atoms with Gasteiger partial charge in [-0.1, -0.05) is 0 Å². The first-order chi connectivity index (χ1) is 14.4. The minimum absolute atomic E-state index is 0.143. The second kappa shape index (κ2) is 12.1. The van der Waals surface area contributed by atoms with Gasteiger partial charge in [0, 0.05) is 0 Å². The van der Waals surface area contributed by atoms with Crippen LogP contribution in [0.3, 0.4) is 0 Å². The van der Waals surface area contributed by atoms with E-state index in [0.717, 1.165) is 12.1 Å². The Morgan fingerprint density at radius 2 is 0.848 bits per heavy atom. The van der Waals surface area contributed by atoms with Gasteiger partial charge in [0.25, 0.3) is 0 Å². The van der Waals surface area contributed by atoms with Crippen LogP contribution in [0.2, 0.25) is 38.3 Å². The maximum absolute atomic E-state index is 6.52. The summed E-state index contributed by atoms with van der Waals surface area (Å²) in [7, 11) is -3.85. The third kappa shape index (κ3) is 15.7. The summed E-state index contributed by atoms with van der Waals surface area (Å²) in [5, 5.41) is 0. The van der Waals surface area contributed by atoms with Crippen LogP contribution in [-0.4, -0.2) is 52.1 Å². The van der Waals surface area contributed by atoms with E-state index in [4.69, 9.17) is 14.5 Å². The van der Waals surface area contributed by atoms with Gasteiger partial charge in [0.2, 0.25) is 0 Å². The molecule has 0 aliphatic heterocycles. The molecule has 33 heavy (non-hydrogen) atoms. The van der Waals surface area contributed by atoms with E-state index < -0.39 is 38.4 Å². The molecule has 0 rings (SSSR count). The molecule has 6 nitrogen and oxygen atoms in total. The molecule has 0 saturated heterocycles. The molecule has 0 bridgehead atoms. The van der Waals surface area contributed by atoms with Crippen molar-refractivity contribution in [2.75, 3.05) is 13.2 Å². The van der Waals surface area contributed by atoms with Crippen molar-refractivity contribution in [1.82, 2.24) is 6.52 Å². The average molecular weight is 586 g/mol. The summed E-state index contributed by atoms with van der Waals surface area (Å²) in [6, 6.07) is 1.93. The van der Waals surface area contributed by atoms with Gasteiger partial charge in [-0.05, 0) is 0 Å². The first-order valence-electron chi connectivity index (χ1n) is 12.6. The predicted molar refractivity (Wildman–Crippen MR) is 144 cm³/mol. The molecule has 0 aromatic carbocycles. The van der Waals surface area contributed by atoms with E-state index in [1.807, 2.05) is 0 Å². The average Bonchev–Trinajstić information content (AvgIpc) is 2.36. The molecule has 2 N–H and O–H groups in total.